The lowest BCUT2D eigenvalue weighted by atomic mass is 10.4. The highest BCUT2D eigenvalue weighted by Crippen LogP contribution is 1.85. The molecule has 0 atom stereocenters. The largest absolute Gasteiger partial charge is 0.466 e. The monoisotopic (exact) mass is 201 g/mol. The average molecular weight is 201 g/mol. The van der Waals surface area contributed by atoms with E-state index in [-0.39, 0.29) is 25.5 Å². The molecule has 14 heavy (non-hydrogen) atoms. The van der Waals surface area contributed by atoms with Gasteiger partial charge in [0.05, 0.1) is 13.0 Å². The van der Waals surface area contributed by atoms with E-state index in [4.69, 9.17) is 0 Å². The Bertz CT molecular complexity index is 203. The number of ether oxygens (including phenoxy) is 2. The molecule has 0 saturated carbocycles. The van der Waals surface area contributed by atoms with Gasteiger partial charge in [-0.2, -0.15) is 0 Å². The van der Waals surface area contributed by atoms with Gasteiger partial charge in [0.25, 0.3) is 0 Å². The molecule has 0 aromatic rings. The molecule has 0 aliphatic carbocycles. The number of carbonyl (C=O) groups is 2. The summed E-state index contributed by atoms with van der Waals surface area (Å²) >= 11 is 0. The van der Waals surface area contributed by atoms with E-state index in [1.165, 1.54) is 6.08 Å². The van der Waals surface area contributed by atoms with Crippen molar-refractivity contribution < 1.29 is 19.1 Å². The van der Waals surface area contributed by atoms with Crippen molar-refractivity contribution in [1.29, 1.82) is 0 Å². The number of hydrogen-bond acceptors (Lipinski definition) is 4. The Labute approximate surface area is 83.1 Å². The summed E-state index contributed by atoms with van der Waals surface area (Å²) in [7, 11) is 0. The summed E-state index contributed by atoms with van der Waals surface area (Å²) in [6.07, 6.45) is 1.05. The molecule has 0 aromatic heterocycles. The van der Waals surface area contributed by atoms with Crippen molar-refractivity contribution in [1.82, 2.24) is 5.32 Å². The number of rotatable bonds is 6. The highest BCUT2D eigenvalue weighted by molar-refractivity contribution is 5.71. The Morgan fingerprint density at radius 2 is 2.14 bits per heavy atom. The van der Waals surface area contributed by atoms with E-state index >= 15 is 0 Å². The summed E-state index contributed by atoms with van der Waals surface area (Å²) in [6, 6.07) is 0. The first-order valence-corrected chi connectivity index (χ1v) is 4.37. The molecule has 1 amide bonds. The van der Waals surface area contributed by atoms with Gasteiger partial charge in [-0.05, 0) is 6.92 Å². The van der Waals surface area contributed by atoms with Crippen LogP contribution in [0.15, 0.2) is 12.7 Å². The summed E-state index contributed by atoms with van der Waals surface area (Å²) in [5.74, 6) is -0.337. The summed E-state index contributed by atoms with van der Waals surface area (Å²) in [5.41, 5.74) is 0. The Balaban J connectivity index is 3.39. The van der Waals surface area contributed by atoms with Crippen LogP contribution in [0.5, 0.6) is 0 Å². The third-order valence-electron chi connectivity index (χ3n) is 1.24. The van der Waals surface area contributed by atoms with E-state index in [1.54, 1.807) is 6.92 Å². The fourth-order valence-corrected chi connectivity index (χ4v) is 0.685. The fourth-order valence-electron chi connectivity index (χ4n) is 0.685. The van der Waals surface area contributed by atoms with Crippen LogP contribution in [-0.4, -0.2) is 31.8 Å². The zero-order valence-corrected chi connectivity index (χ0v) is 8.25. The van der Waals surface area contributed by atoms with Gasteiger partial charge in [-0.25, -0.2) is 4.79 Å². The maximum atomic E-state index is 10.8. The fraction of sp³-hybridized carbons (Fsp3) is 0.556. The van der Waals surface area contributed by atoms with Gasteiger partial charge in [0.1, 0.15) is 6.61 Å². The van der Waals surface area contributed by atoms with Crippen molar-refractivity contribution in [3.05, 3.63) is 12.7 Å². The summed E-state index contributed by atoms with van der Waals surface area (Å²) < 4.78 is 9.27. The van der Waals surface area contributed by atoms with E-state index in [1.807, 2.05) is 0 Å². The van der Waals surface area contributed by atoms with Crippen LogP contribution in [-0.2, 0) is 14.3 Å². The zero-order chi connectivity index (χ0) is 10.8. The second kappa shape index (κ2) is 8.10. The first kappa shape index (κ1) is 12.5. The smallest absolute Gasteiger partial charge is 0.407 e. The Morgan fingerprint density at radius 3 is 2.71 bits per heavy atom. The van der Waals surface area contributed by atoms with E-state index < -0.39 is 6.09 Å². The quantitative estimate of drug-likeness (QED) is 0.511. The van der Waals surface area contributed by atoms with E-state index in [2.05, 4.69) is 21.4 Å². The van der Waals surface area contributed by atoms with E-state index in [0.29, 0.717) is 6.61 Å². The predicted octanol–water partition coefficient (Wildman–Crippen LogP) is 0.852. The van der Waals surface area contributed by atoms with Crippen LogP contribution in [0, 0.1) is 0 Å². The summed E-state index contributed by atoms with van der Waals surface area (Å²) in [4.78, 5) is 21.6. The van der Waals surface area contributed by atoms with Crippen LogP contribution in [0.25, 0.3) is 0 Å². The van der Waals surface area contributed by atoms with E-state index in [0.717, 1.165) is 0 Å². The van der Waals surface area contributed by atoms with E-state index in [9.17, 15) is 9.59 Å². The zero-order valence-electron chi connectivity index (χ0n) is 8.25. The van der Waals surface area contributed by atoms with Gasteiger partial charge in [0, 0.05) is 6.54 Å². The second-order valence-corrected chi connectivity index (χ2v) is 2.37. The highest BCUT2D eigenvalue weighted by Gasteiger charge is 2.03. The number of hydrogen-bond donors (Lipinski definition) is 1. The third kappa shape index (κ3) is 7.15. The standard InChI is InChI=1S/C9H15NO4/c1-3-7-14-9(12)10-6-5-8(11)13-4-2/h3H,1,4-7H2,2H3,(H,10,12). The molecule has 1 N–H and O–H groups in total. The molecule has 0 spiro atoms. The van der Waals surface area contributed by atoms with Gasteiger partial charge >= 0.3 is 12.1 Å². The maximum Gasteiger partial charge on any atom is 0.407 e. The van der Waals surface area contributed by atoms with Crippen molar-refractivity contribution in [2.24, 2.45) is 0 Å². The van der Waals surface area contributed by atoms with Crippen molar-refractivity contribution >= 4 is 12.1 Å². The molecule has 0 heterocycles. The second-order valence-electron chi connectivity index (χ2n) is 2.37. The lowest BCUT2D eigenvalue weighted by Gasteiger charge is -2.04. The van der Waals surface area contributed by atoms with Crippen LogP contribution in [0.1, 0.15) is 13.3 Å². The summed E-state index contributed by atoms with van der Waals surface area (Å²) in [6.45, 7) is 5.83. The number of alkyl carbamates (subject to hydrolysis) is 1. The van der Waals surface area contributed by atoms with Gasteiger partial charge in [-0.15, -0.1) is 0 Å². The lowest BCUT2D eigenvalue weighted by molar-refractivity contribution is -0.142. The van der Waals surface area contributed by atoms with Gasteiger partial charge < -0.3 is 14.8 Å². The molecule has 0 fully saturated rings. The van der Waals surface area contributed by atoms with Crippen molar-refractivity contribution in [2.45, 2.75) is 13.3 Å². The lowest BCUT2D eigenvalue weighted by Crippen LogP contribution is -2.27. The molecule has 80 valence electrons. The average Bonchev–Trinajstić information content (AvgIpc) is 2.15. The van der Waals surface area contributed by atoms with Gasteiger partial charge in [-0.1, -0.05) is 12.7 Å². The maximum absolute atomic E-state index is 10.8. The SMILES string of the molecule is C=CCOC(=O)NCCC(=O)OCC. The minimum absolute atomic E-state index is 0.150. The van der Waals surface area contributed by atoms with Crippen LogP contribution in [0.2, 0.25) is 0 Å². The molecule has 0 unspecified atom stereocenters. The number of esters is 1. The van der Waals surface area contributed by atoms with Crippen LogP contribution >= 0.6 is 0 Å². The Morgan fingerprint density at radius 1 is 1.43 bits per heavy atom. The third-order valence-corrected chi connectivity index (χ3v) is 1.24. The van der Waals surface area contributed by atoms with Crippen LogP contribution < -0.4 is 5.32 Å². The summed E-state index contributed by atoms with van der Waals surface area (Å²) in [5, 5.41) is 2.40. The minimum Gasteiger partial charge on any atom is -0.466 e. The Hall–Kier alpha value is -1.52. The number of nitrogens with one attached hydrogen (secondary N) is 1. The van der Waals surface area contributed by atoms with Gasteiger partial charge in [0.15, 0.2) is 0 Å². The topological polar surface area (TPSA) is 64.6 Å². The molecule has 0 aliphatic heterocycles. The predicted molar refractivity (Wildman–Crippen MR) is 50.8 cm³/mol. The number of carbonyl (C=O) groups excluding carboxylic acids is 2. The number of amides is 1. The van der Waals surface area contributed by atoms with Crippen molar-refractivity contribution in [3.63, 3.8) is 0 Å². The molecule has 0 saturated heterocycles. The first-order valence-electron chi connectivity index (χ1n) is 4.37. The molecular weight excluding hydrogens is 186 g/mol. The normalized spacial score (nSPS) is 8.93. The molecule has 0 aliphatic rings. The molecule has 0 aromatic carbocycles. The molecule has 5 heteroatoms. The Kier molecular flexibility index (Phi) is 7.22. The van der Waals surface area contributed by atoms with Crippen molar-refractivity contribution in [2.75, 3.05) is 19.8 Å². The highest BCUT2D eigenvalue weighted by atomic mass is 16.5. The van der Waals surface area contributed by atoms with Crippen LogP contribution in [0.3, 0.4) is 0 Å². The minimum atomic E-state index is -0.561. The van der Waals surface area contributed by atoms with Gasteiger partial charge in [0.2, 0.25) is 0 Å². The van der Waals surface area contributed by atoms with Crippen LogP contribution in [0.4, 0.5) is 4.79 Å². The molecular formula is C9H15NO4. The molecule has 5 nitrogen and oxygen atoms in total. The van der Waals surface area contributed by atoms with Crippen molar-refractivity contribution in [3.8, 4) is 0 Å². The first-order chi connectivity index (χ1) is 6.70. The molecule has 0 bridgehead atoms. The van der Waals surface area contributed by atoms with Gasteiger partial charge in [-0.3, -0.25) is 4.79 Å². The molecule has 0 rings (SSSR count). The molecule has 0 radical (unpaired) electrons.